The summed E-state index contributed by atoms with van der Waals surface area (Å²) in [7, 11) is 3.88. The maximum absolute atomic E-state index is 3.01. The molecule has 63 valence electrons. The van der Waals surface area contributed by atoms with Crippen LogP contribution in [-0.2, 0) is 17.1 Å². The molecule has 5 heteroatoms. The quantitative estimate of drug-likeness (QED) is 0.367. The van der Waals surface area contributed by atoms with Gasteiger partial charge in [0, 0.05) is 13.1 Å². The summed E-state index contributed by atoms with van der Waals surface area (Å²) < 4.78 is 0. The van der Waals surface area contributed by atoms with Crippen molar-refractivity contribution in [3.05, 3.63) is 0 Å². The van der Waals surface area contributed by atoms with Crippen LogP contribution in [0.5, 0.6) is 0 Å². The number of hydrogen-bond donors (Lipinski definition) is 2. The van der Waals surface area contributed by atoms with E-state index in [2.05, 4.69) is 10.6 Å². The molecule has 9 heavy (non-hydrogen) atoms. The molecular weight excluding hydrogens is 211 g/mol. The third kappa shape index (κ3) is 27.5. The Labute approximate surface area is 79.8 Å². The van der Waals surface area contributed by atoms with Crippen molar-refractivity contribution < 1.29 is 41.9 Å². The Balaban J connectivity index is -0.0000000417. The van der Waals surface area contributed by atoms with Crippen molar-refractivity contribution in [3.8, 4) is 0 Å². The first-order chi connectivity index (χ1) is 2.91. The van der Waals surface area contributed by atoms with Gasteiger partial charge in [0.2, 0.25) is 0 Å². The SMILES string of the molecule is CNCCNC.[Cl-].[Cl-].[Cu+2]. The molecule has 1 radical (unpaired) electrons. The van der Waals surface area contributed by atoms with Gasteiger partial charge in [-0.25, -0.2) is 0 Å². The van der Waals surface area contributed by atoms with Gasteiger partial charge < -0.3 is 35.4 Å². The summed E-state index contributed by atoms with van der Waals surface area (Å²) in [6.45, 7) is 2.10. The van der Waals surface area contributed by atoms with Gasteiger partial charge in [-0.15, -0.1) is 0 Å². The summed E-state index contributed by atoms with van der Waals surface area (Å²) >= 11 is 0. The molecule has 0 fully saturated rings. The predicted molar refractivity (Wildman–Crippen MR) is 27.9 cm³/mol. The largest absolute Gasteiger partial charge is 2.00 e. The van der Waals surface area contributed by atoms with Crippen LogP contribution < -0.4 is 35.4 Å². The maximum Gasteiger partial charge on any atom is 2.00 e. The number of hydrogen-bond acceptors (Lipinski definition) is 2. The minimum Gasteiger partial charge on any atom is -1.00 e. The van der Waals surface area contributed by atoms with Crippen molar-refractivity contribution >= 4 is 0 Å². The summed E-state index contributed by atoms with van der Waals surface area (Å²) in [5.41, 5.74) is 0. The molecule has 0 rings (SSSR count). The summed E-state index contributed by atoms with van der Waals surface area (Å²) in [6, 6.07) is 0. The molecule has 2 nitrogen and oxygen atoms in total. The normalized spacial score (nSPS) is 6.00. The molecule has 2 N–H and O–H groups in total. The molecule has 0 amide bonds. The van der Waals surface area contributed by atoms with E-state index >= 15 is 0 Å². The van der Waals surface area contributed by atoms with E-state index in [-0.39, 0.29) is 41.9 Å². The third-order valence-corrected chi connectivity index (χ3v) is 0.625. The predicted octanol–water partition coefficient (Wildman–Crippen LogP) is -6.57. The van der Waals surface area contributed by atoms with E-state index in [9.17, 15) is 0 Å². The maximum atomic E-state index is 3.01. The van der Waals surface area contributed by atoms with E-state index in [0.717, 1.165) is 13.1 Å². The van der Waals surface area contributed by atoms with Crippen LogP contribution in [0.3, 0.4) is 0 Å². The van der Waals surface area contributed by atoms with Crippen LogP contribution in [0.2, 0.25) is 0 Å². The molecule has 0 aromatic carbocycles. The van der Waals surface area contributed by atoms with Crippen LogP contribution in [0.1, 0.15) is 0 Å². The fourth-order valence-electron chi connectivity index (χ4n) is 0.250. The zero-order valence-electron chi connectivity index (χ0n) is 5.47. The second kappa shape index (κ2) is 23.0. The fraction of sp³-hybridized carbons (Fsp3) is 1.00. The Bertz CT molecular complexity index is 28.5. The van der Waals surface area contributed by atoms with E-state index in [1.165, 1.54) is 0 Å². The first kappa shape index (κ1) is 22.5. The van der Waals surface area contributed by atoms with E-state index < -0.39 is 0 Å². The van der Waals surface area contributed by atoms with E-state index in [0.29, 0.717) is 0 Å². The van der Waals surface area contributed by atoms with E-state index in [4.69, 9.17) is 0 Å². The molecule has 0 saturated carbocycles. The second-order valence-electron chi connectivity index (χ2n) is 1.21. The first-order valence-corrected chi connectivity index (χ1v) is 2.21. The zero-order chi connectivity index (χ0) is 4.83. The molecule has 0 aliphatic carbocycles. The van der Waals surface area contributed by atoms with Crippen LogP contribution in [-0.4, -0.2) is 27.2 Å². The van der Waals surface area contributed by atoms with Gasteiger partial charge in [0.05, 0.1) is 0 Å². The topological polar surface area (TPSA) is 24.1 Å². The molecule has 0 aromatic heterocycles. The van der Waals surface area contributed by atoms with Crippen LogP contribution in [0.25, 0.3) is 0 Å². The number of likely N-dealkylation sites (N-methyl/N-ethyl adjacent to an activating group) is 2. The standard InChI is InChI=1S/C4H12N2.2ClH.Cu/c1-5-3-4-6-2;;;/h5-6H,3-4H2,1-2H3;2*1H;/q;;;+2/p-2. The van der Waals surface area contributed by atoms with E-state index in [1.807, 2.05) is 14.1 Å². The summed E-state index contributed by atoms with van der Waals surface area (Å²) in [4.78, 5) is 0. The molecule has 0 aliphatic rings. The number of nitrogens with one attached hydrogen (secondary N) is 2. The van der Waals surface area contributed by atoms with Crippen molar-refractivity contribution in [3.63, 3.8) is 0 Å². The molecule has 0 saturated heterocycles. The zero-order valence-corrected chi connectivity index (χ0v) is 7.93. The minimum absolute atomic E-state index is 0. The van der Waals surface area contributed by atoms with Crippen LogP contribution in [0.15, 0.2) is 0 Å². The number of rotatable bonds is 3. The average Bonchev–Trinajstić information content (AvgIpc) is 1.61. The Morgan fingerprint density at radius 3 is 1.22 bits per heavy atom. The van der Waals surface area contributed by atoms with Gasteiger partial charge in [0.15, 0.2) is 0 Å². The Morgan fingerprint density at radius 1 is 0.889 bits per heavy atom. The van der Waals surface area contributed by atoms with Crippen LogP contribution in [0.4, 0.5) is 0 Å². The fourth-order valence-corrected chi connectivity index (χ4v) is 0.250. The Morgan fingerprint density at radius 2 is 1.11 bits per heavy atom. The van der Waals surface area contributed by atoms with Crippen molar-refractivity contribution in [2.75, 3.05) is 27.2 Å². The van der Waals surface area contributed by atoms with Crippen LogP contribution >= 0.6 is 0 Å². The summed E-state index contributed by atoms with van der Waals surface area (Å²) in [5, 5.41) is 6.01. The smallest absolute Gasteiger partial charge is 1.00 e. The van der Waals surface area contributed by atoms with Gasteiger partial charge in [-0.2, -0.15) is 0 Å². The monoisotopic (exact) mass is 221 g/mol. The van der Waals surface area contributed by atoms with Crippen molar-refractivity contribution in [2.24, 2.45) is 0 Å². The molecule has 0 heterocycles. The molecule has 0 aliphatic heterocycles. The summed E-state index contributed by atoms with van der Waals surface area (Å²) in [6.07, 6.45) is 0. The van der Waals surface area contributed by atoms with Gasteiger partial charge in [-0.05, 0) is 14.1 Å². The number of halogens is 2. The van der Waals surface area contributed by atoms with E-state index in [1.54, 1.807) is 0 Å². The third-order valence-electron chi connectivity index (χ3n) is 0.625. The summed E-state index contributed by atoms with van der Waals surface area (Å²) in [5.74, 6) is 0. The van der Waals surface area contributed by atoms with Gasteiger partial charge in [-0.3, -0.25) is 0 Å². The van der Waals surface area contributed by atoms with Crippen LogP contribution in [0, 0.1) is 0 Å². The average molecular weight is 223 g/mol. The Hall–Kier alpha value is 1.02. The van der Waals surface area contributed by atoms with Crippen molar-refractivity contribution in [2.45, 2.75) is 0 Å². The van der Waals surface area contributed by atoms with Crippen molar-refractivity contribution in [1.82, 2.24) is 10.6 Å². The van der Waals surface area contributed by atoms with Gasteiger partial charge in [0.1, 0.15) is 0 Å². The molecule has 0 unspecified atom stereocenters. The second-order valence-corrected chi connectivity index (χ2v) is 1.21. The van der Waals surface area contributed by atoms with Gasteiger partial charge >= 0.3 is 17.1 Å². The molecular formula is C4H12Cl2CuN2. The molecule has 0 aromatic rings. The van der Waals surface area contributed by atoms with Crippen molar-refractivity contribution in [1.29, 1.82) is 0 Å². The minimum atomic E-state index is 0. The Kier molecular flexibility index (Phi) is 57.5. The first-order valence-electron chi connectivity index (χ1n) is 2.21. The molecule has 0 spiro atoms. The van der Waals surface area contributed by atoms with Gasteiger partial charge in [0.25, 0.3) is 0 Å². The molecule has 0 bridgehead atoms. The molecule has 0 atom stereocenters. The van der Waals surface area contributed by atoms with Gasteiger partial charge in [-0.1, -0.05) is 0 Å².